The highest BCUT2D eigenvalue weighted by atomic mass is 35.5. The summed E-state index contributed by atoms with van der Waals surface area (Å²) in [5.74, 6) is 0.0943. The Morgan fingerprint density at radius 1 is 1.42 bits per heavy atom. The number of nitro benzene ring substituents is 1. The van der Waals surface area contributed by atoms with Crippen molar-refractivity contribution in [2.24, 2.45) is 0 Å². The van der Waals surface area contributed by atoms with Gasteiger partial charge in [0.1, 0.15) is 11.4 Å². The largest absolute Gasteiger partial charge is 0.420 e. The third kappa shape index (κ3) is 3.05. The van der Waals surface area contributed by atoms with Crippen molar-refractivity contribution in [2.75, 3.05) is 5.88 Å². The number of alkyl halides is 1. The fourth-order valence-electron chi connectivity index (χ4n) is 1.52. The molecule has 0 aliphatic rings. The quantitative estimate of drug-likeness (QED) is 0.479. The molecule has 1 aromatic carbocycles. The number of rotatable bonds is 5. The van der Waals surface area contributed by atoms with Gasteiger partial charge in [0.2, 0.25) is 5.89 Å². The third-order valence-electron chi connectivity index (χ3n) is 2.38. The van der Waals surface area contributed by atoms with E-state index in [2.05, 4.69) is 10.2 Å². The van der Waals surface area contributed by atoms with Crippen LogP contribution in [0.2, 0.25) is 0 Å². The second-order valence-corrected chi connectivity index (χ2v) is 4.09. The molecule has 2 rings (SSSR count). The molecule has 0 amide bonds. The summed E-state index contributed by atoms with van der Waals surface area (Å²) in [6, 6.07) is 3.16. The van der Waals surface area contributed by atoms with Crippen LogP contribution in [-0.4, -0.2) is 21.0 Å². The lowest BCUT2D eigenvalue weighted by molar-refractivity contribution is -0.384. The number of aryl methyl sites for hydroxylation is 1. The SMILES string of the molecule is O=[N+]([O-])c1cc(F)ccc1-c1nnc(CCCCl)o1. The van der Waals surface area contributed by atoms with Crippen molar-refractivity contribution in [1.82, 2.24) is 10.2 Å². The summed E-state index contributed by atoms with van der Waals surface area (Å²) in [6.45, 7) is 0. The molecule has 8 heteroatoms. The molecule has 0 spiro atoms. The Morgan fingerprint density at radius 2 is 2.21 bits per heavy atom. The van der Waals surface area contributed by atoms with Crippen LogP contribution in [0.25, 0.3) is 11.5 Å². The van der Waals surface area contributed by atoms with E-state index < -0.39 is 16.4 Å². The van der Waals surface area contributed by atoms with Crippen molar-refractivity contribution in [3.63, 3.8) is 0 Å². The number of hydrogen-bond donors (Lipinski definition) is 0. The van der Waals surface area contributed by atoms with Gasteiger partial charge in [-0.2, -0.15) is 0 Å². The molecule has 0 aliphatic heterocycles. The van der Waals surface area contributed by atoms with Crippen LogP contribution in [-0.2, 0) is 6.42 Å². The molecule has 1 aromatic heterocycles. The van der Waals surface area contributed by atoms with Crippen LogP contribution in [0.3, 0.4) is 0 Å². The van der Waals surface area contributed by atoms with Crippen LogP contribution in [0, 0.1) is 15.9 Å². The van der Waals surface area contributed by atoms with Crippen LogP contribution in [0.5, 0.6) is 0 Å². The highest BCUT2D eigenvalue weighted by Crippen LogP contribution is 2.29. The van der Waals surface area contributed by atoms with Crippen LogP contribution in [0.1, 0.15) is 12.3 Å². The first kappa shape index (κ1) is 13.4. The maximum atomic E-state index is 13.0. The molecular formula is C11H9ClFN3O3. The maximum absolute atomic E-state index is 13.0. The van der Waals surface area contributed by atoms with E-state index in [0.717, 1.165) is 12.1 Å². The average molecular weight is 286 g/mol. The zero-order valence-corrected chi connectivity index (χ0v) is 10.4. The minimum atomic E-state index is -0.697. The molecule has 100 valence electrons. The van der Waals surface area contributed by atoms with Crippen molar-refractivity contribution in [3.05, 3.63) is 40.0 Å². The summed E-state index contributed by atoms with van der Waals surface area (Å²) in [5.41, 5.74) is -0.316. The molecular weight excluding hydrogens is 277 g/mol. The summed E-state index contributed by atoms with van der Waals surface area (Å²) in [4.78, 5) is 10.2. The van der Waals surface area contributed by atoms with Gasteiger partial charge in [-0.05, 0) is 18.6 Å². The molecule has 19 heavy (non-hydrogen) atoms. The molecule has 1 heterocycles. The Labute approximate surface area is 112 Å². The van der Waals surface area contributed by atoms with Crippen molar-refractivity contribution in [3.8, 4) is 11.5 Å². The highest BCUT2D eigenvalue weighted by molar-refractivity contribution is 6.17. The van der Waals surface area contributed by atoms with Gasteiger partial charge in [-0.15, -0.1) is 21.8 Å². The molecule has 0 saturated carbocycles. The second-order valence-electron chi connectivity index (χ2n) is 3.71. The number of nitrogens with zero attached hydrogens (tertiary/aromatic N) is 3. The molecule has 0 aliphatic carbocycles. The van der Waals surface area contributed by atoms with E-state index in [-0.39, 0.29) is 11.5 Å². The predicted molar refractivity (Wildman–Crippen MR) is 65.4 cm³/mol. The van der Waals surface area contributed by atoms with Gasteiger partial charge in [0.05, 0.1) is 11.0 Å². The van der Waals surface area contributed by atoms with E-state index in [9.17, 15) is 14.5 Å². The average Bonchev–Trinajstić information content (AvgIpc) is 2.84. The van der Waals surface area contributed by atoms with Gasteiger partial charge in [-0.25, -0.2) is 4.39 Å². The fraction of sp³-hybridized carbons (Fsp3) is 0.273. The number of nitro groups is 1. The predicted octanol–water partition coefficient (Wildman–Crippen LogP) is 2.96. The van der Waals surface area contributed by atoms with Crippen molar-refractivity contribution < 1.29 is 13.7 Å². The topological polar surface area (TPSA) is 82.1 Å². The van der Waals surface area contributed by atoms with Crippen LogP contribution >= 0.6 is 11.6 Å². The molecule has 2 aromatic rings. The second kappa shape index (κ2) is 5.75. The van der Waals surface area contributed by atoms with Crippen molar-refractivity contribution >= 4 is 17.3 Å². The monoisotopic (exact) mass is 285 g/mol. The third-order valence-corrected chi connectivity index (χ3v) is 2.65. The number of benzene rings is 1. The summed E-state index contributed by atoms with van der Waals surface area (Å²) < 4.78 is 18.3. The first-order valence-electron chi connectivity index (χ1n) is 5.44. The zero-order chi connectivity index (χ0) is 13.8. The first-order valence-corrected chi connectivity index (χ1v) is 5.98. The smallest absolute Gasteiger partial charge is 0.285 e. The minimum absolute atomic E-state index is 0.00345. The van der Waals surface area contributed by atoms with Gasteiger partial charge in [0.15, 0.2) is 0 Å². The Bertz CT molecular complexity index is 603. The minimum Gasteiger partial charge on any atom is -0.420 e. The first-order chi connectivity index (χ1) is 9.11. The van der Waals surface area contributed by atoms with Gasteiger partial charge in [0, 0.05) is 12.3 Å². The number of hydrogen-bond acceptors (Lipinski definition) is 5. The zero-order valence-electron chi connectivity index (χ0n) is 9.68. The standard InChI is InChI=1S/C11H9ClFN3O3/c12-5-1-2-10-14-15-11(19-10)8-4-3-7(13)6-9(8)16(17)18/h3-4,6H,1-2,5H2. The Morgan fingerprint density at radius 3 is 2.89 bits per heavy atom. The molecule has 0 atom stereocenters. The van der Waals surface area contributed by atoms with Gasteiger partial charge >= 0.3 is 0 Å². The van der Waals surface area contributed by atoms with Gasteiger partial charge in [-0.3, -0.25) is 10.1 Å². The number of aromatic nitrogens is 2. The lowest BCUT2D eigenvalue weighted by Gasteiger charge is -1.98. The normalized spacial score (nSPS) is 10.6. The highest BCUT2D eigenvalue weighted by Gasteiger charge is 2.21. The van der Waals surface area contributed by atoms with E-state index in [1.54, 1.807) is 0 Å². The summed E-state index contributed by atoms with van der Waals surface area (Å²) in [7, 11) is 0. The summed E-state index contributed by atoms with van der Waals surface area (Å²) >= 11 is 5.54. The van der Waals surface area contributed by atoms with E-state index >= 15 is 0 Å². The van der Waals surface area contributed by atoms with Crippen LogP contribution in [0.15, 0.2) is 22.6 Å². The Hall–Kier alpha value is -2.02. The fourth-order valence-corrected chi connectivity index (χ4v) is 1.65. The van der Waals surface area contributed by atoms with Crippen molar-refractivity contribution in [2.45, 2.75) is 12.8 Å². The lowest BCUT2D eigenvalue weighted by atomic mass is 10.2. The van der Waals surface area contributed by atoms with Gasteiger partial charge < -0.3 is 4.42 Å². The van der Waals surface area contributed by atoms with Crippen molar-refractivity contribution in [1.29, 1.82) is 0 Å². The summed E-state index contributed by atoms with van der Waals surface area (Å²) in [6.07, 6.45) is 1.15. The molecule has 0 fully saturated rings. The Balaban J connectivity index is 2.36. The van der Waals surface area contributed by atoms with Gasteiger partial charge in [0.25, 0.3) is 11.6 Å². The maximum Gasteiger partial charge on any atom is 0.285 e. The van der Waals surface area contributed by atoms with Crippen LogP contribution in [0.4, 0.5) is 10.1 Å². The van der Waals surface area contributed by atoms with E-state index in [4.69, 9.17) is 16.0 Å². The molecule has 0 radical (unpaired) electrons. The molecule has 0 bridgehead atoms. The van der Waals surface area contributed by atoms with Gasteiger partial charge in [-0.1, -0.05) is 0 Å². The van der Waals surface area contributed by atoms with E-state index in [0.29, 0.717) is 24.6 Å². The lowest BCUT2D eigenvalue weighted by Crippen LogP contribution is -1.93. The van der Waals surface area contributed by atoms with E-state index in [1.165, 1.54) is 6.07 Å². The molecule has 6 nitrogen and oxygen atoms in total. The Kier molecular flexibility index (Phi) is 4.06. The molecule has 0 unspecified atom stereocenters. The summed E-state index contributed by atoms with van der Waals surface area (Å²) in [5, 5.41) is 18.3. The number of halogens is 2. The van der Waals surface area contributed by atoms with E-state index in [1.807, 2.05) is 0 Å². The molecule has 0 saturated heterocycles. The van der Waals surface area contributed by atoms with Crippen LogP contribution < -0.4 is 0 Å². The molecule has 0 N–H and O–H groups in total.